The third kappa shape index (κ3) is 3.87. The van der Waals surface area contributed by atoms with Crippen molar-refractivity contribution in [3.63, 3.8) is 0 Å². The summed E-state index contributed by atoms with van der Waals surface area (Å²) in [6.45, 7) is 6.19. The fourth-order valence-electron chi connectivity index (χ4n) is 2.21. The van der Waals surface area contributed by atoms with E-state index in [-0.39, 0.29) is 0 Å². The van der Waals surface area contributed by atoms with E-state index in [4.69, 9.17) is 17.4 Å². The first kappa shape index (κ1) is 16.1. The number of nitrogens with two attached hydrogens (primary N) is 1. The van der Waals surface area contributed by atoms with Crippen LogP contribution < -0.4 is 11.3 Å². The monoisotopic (exact) mass is 322 g/mol. The van der Waals surface area contributed by atoms with Crippen LogP contribution in [0.25, 0.3) is 0 Å². The van der Waals surface area contributed by atoms with Gasteiger partial charge in [0, 0.05) is 16.2 Å². The van der Waals surface area contributed by atoms with Gasteiger partial charge < -0.3 is 5.43 Å². The molecule has 4 nitrogen and oxygen atoms in total. The summed E-state index contributed by atoms with van der Waals surface area (Å²) in [5.41, 5.74) is 4.70. The average molecular weight is 323 g/mol. The molecule has 2 aromatic rings. The second-order valence-corrected chi connectivity index (χ2v) is 6.43. The van der Waals surface area contributed by atoms with E-state index in [1.807, 2.05) is 31.2 Å². The van der Waals surface area contributed by atoms with E-state index in [1.165, 1.54) is 0 Å². The molecule has 112 valence electrons. The fraction of sp³-hybridized carbons (Fsp3) is 0.333. The van der Waals surface area contributed by atoms with Crippen LogP contribution in [-0.4, -0.2) is 9.97 Å². The van der Waals surface area contributed by atoms with Gasteiger partial charge in [-0.3, -0.25) is 0 Å². The summed E-state index contributed by atoms with van der Waals surface area (Å²) >= 11 is 7.77. The molecule has 0 atom stereocenters. The normalized spacial score (nSPS) is 11.0. The first-order valence-electron chi connectivity index (χ1n) is 6.74. The third-order valence-electron chi connectivity index (χ3n) is 3.09. The summed E-state index contributed by atoms with van der Waals surface area (Å²) < 4.78 is 0. The van der Waals surface area contributed by atoms with Gasteiger partial charge in [-0.25, -0.2) is 15.8 Å². The van der Waals surface area contributed by atoms with Gasteiger partial charge in [0.05, 0.1) is 10.8 Å². The number of aromatic nitrogens is 2. The fourth-order valence-corrected chi connectivity index (χ4v) is 3.30. The quantitative estimate of drug-likeness (QED) is 0.492. The lowest BCUT2D eigenvalue weighted by atomic mass is 10.0. The van der Waals surface area contributed by atoms with E-state index >= 15 is 0 Å². The molecule has 0 amide bonds. The molecule has 0 unspecified atom stereocenters. The molecule has 0 saturated carbocycles. The van der Waals surface area contributed by atoms with Gasteiger partial charge in [-0.2, -0.15) is 0 Å². The molecule has 0 fully saturated rings. The summed E-state index contributed by atoms with van der Waals surface area (Å²) in [4.78, 5) is 10.1. The summed E-state index contributed by atoms with van der Waals surface area (Å²) in [5, 5.41) is 0.746. The molecule has 0 bridgehead atoms. The van der Waals surface area contributed by atoms with E-state index in [1.54, 1.807) is 11.8 Å². The Hall–Kier alpha value is -1.30. The van der Waals surface area contributed by atoms with Crippen molar-refractivity contribution in [2.24, 2.45) is 5.84 Å². The van der Waals surface area contributed by atoms with E-state index in [9.17, 15) is 0 Å². The molecule has 2 rings (SSSR count). The van der Waals surface area contributed by atoms with Crippen molar-refractivity contribution in [3.8, 4) is 0 Å². The highest BCUT2D eigenvalue weighted by atomic mass is 35.5. The third-order valence-corrected chi connectivity index (χ3v) is 4.60. The zero-order valence-corrected chi connectivity index (χ0v) is 13.9. The number of hydrogen-bond donors (Lipinski definition) is 2. The van der Waals surface area contributed by atoms with Crippen LogP contribution >= 0.6 is 23.4 Å². The van der Waals surface area contributed by atoms with Crippen molar-refractivity contribution < 1.29 is 0 Å². The van der Waals surface area contributed by atoms with Crippen LogP contribution in [0.15, 0.2) is 29.2 Å². The Balaban J connectivity index is 2.22. The molecule has 0 saturated heterocycles. The van der Waals surface area contributed by atoms with Crippen molar-refractivity contribution in [1.29, 1.82) is 0 Å². The molecular weight excluding hydrogens is 304 g/mol. The molecule has 0 spiro atoms. The molecule has 6 heteroatoms. The highest BCUT2D eigenvalue weighted by Crippen LogP contribution is 2.30. The van der Waals surface area contributed by atoms with Gasteiger partial charge >= 0.3 is 0 Å². The van der Waals surface area contributed by atoms with Crippen LogP contribution in [0.1, 0.15) is 36.8 Å². The minimum absolute atomic E-state index is 0.321. The van der Waals surface area contributed by atoms with Gasteiger partial charge in [0.15, 0.2) is 0 Å². The molecule has 1 aromatic carbocycles. The highest BCUT2D eigenvalue weighted by molar-refractivity contribution is 7.98. The zero-order valence-electron chi connectivity index (χ0n) is 12.4. The summed E-state index contributed by atoms with van der Waals surface area (Å²) in [6, 6.07) is 7.76. The maximum atomic E-state index is 6.15. The minimum atomic E-state index is 0.321. The first-order chi connectivity index (χ1) is 10.0. The lowest BCUT2D eigenvalue weighted by Gasteiger charge is -2.15. The van der Waals surface area contributed by atoms with Crippen LogP contribution in [0, 0.1) is 6.92 Å². The van der Waals surface area contributed by atoms with E-state index in [0.29, 0.717) is 17.5 Å². The summed E-state index contributed by atoms with van der Waals surface area (Å²) in [5.74, 6) is 8.01. The molecule has 0 aliphatic heterocycles. The van der Waals surface area contributed by atoms with Crippen molar-refractivity contribution in [3.05, 3.63) is 46.4 Å². The number of nitrogens with one attached hydrogen (secondary N) is 1. The van der Waals surface area contributed by atoms with Crippen LogP contribution in [-0.2, 0) is 5.75 Å². The number of thioether (sulfide) groups is 1. The topological polar surface area (TPSA) is 63.8 Å². The van der Waals surface area contributed by atoms with Gasteiger partial charge in [-0.1, -0.05) is 37.6 Å². The summed E-state index contributed by atoms with van der Waals surface area (Å²) in [7, 11) is 0. The Bertz CT molecular complexity index is 631. The van der Waals surface area contributed by atoms with E-state index in [2.05, 4.69) is 29.2 Å². The molecule has 1 heterocycles. The maximum absolute atomic E-state index is 6.15. The van der Waals surface area contributed by atoms with E-state index in [0.717, 1.165) is 27.0 Å². The number of rotatable bonds is 5. The first-order valence-corrected chi connectivity index (χ1v) is 8.10. The average Bonchev–Trinajstić information content (AvgIpc) is 2.45. The highest BCUT2D eigenvalue weighted by Gasteiger charge is 2.14. The largest absolute Gasteiger partial charge is 0.308 e. The van der Waals surface area contributed by atoms with Crippen LogP contribution in [0.4, 0.5) is 5.82 Å². The molecule has 1 aromatic heterocycles. The predicted molar refractivity (Wildman–Crippen MR) is 89.7 cm³/mol. The smallest absolute Gasteiger partial charge is 0.147 e. The lowest BCUT2D eigenvalue weighted by Crippen LogP contribution is -2.15. The zero-order chi connectivity index (χ0) is 15.4. The van der Waals surface area contributed by atoms with Crippen molar-refractivity contribution in [2.75, 3.05) is 5.43 Å². The van der Waals surface area contributed by atoms with Crippen LogP contribution in [0.5, 0.6) is 0 Å². The number of nitrogens with zero attached hydrogens (tertiary/aromatic N) is 2. The Morgan fingerprint density at radius 1 is 1.29 bits per heavy atom. The Labute approximate surface area is 134 Å². The number of anilines is 1. The Morgan fingerprint density at radius 2 is 2.00 bits per heavy atom. The SMILES string of the molecule is Cc1nc(CSc2ccccc2Cl)nc(NN)c1C(C)C. The molecule has 0 radical (unpaired) electrons. The second kappa shape index (κ2) is 7.11. The van der Waals surface area contributed by atoms with Crippen LogP contribution in [0.3, 0.4) is 0 Å². The lowest BCUT2D eigenvalue weighted by molar-refractivity contribution is 0.818. The van der Waals surface area contributed by atoms with Gasteiger partial charge in [-0.15, -0.1) is 11.8 Å². The number of benzene rings is 1. The number of aryl methyl sites for hydroxylation is 1. The van der Waals surface area contributed by atoms with Crippen molar-refractivity contribution in [2.45, 2.75) is 37.3 Å². The number of hydrazine groups is 1. The molecular formula is C15H19ClN4S. The standard InChI is InChI=1S/C15H19ClN4S/c1-9(2)14-10(3)18-13(19-15(14)20-17)8-21-12-7-5-4-6-11(12)16/h4-7,9H,8,17H2,1-3H3,(H,18,19,20). The second-order valence-electron chi connectivity index (χ2n) is 5.01. The van der Waals surface area contributed by atoms with Gasteiger partial charge in [0.1, 0.15) is 11.6 Å². The number of hydrogen-bond acceptors (Lipinski definition) is 5. The molecule has 0 aliphatic rings. The number of halogens is 1. The molecule has 3 N–H and O–H groups in total. The summed E-state index contributed by atoms with van der Waals surface area (Å²) in [6.07, 6.45) is 0. The van der Waals surface area contributed by atoms with E-state index < -0.39 is 0 Å². The Morgan fingerprint density at radius 3 is 2.62 bits per heavy atom. The maximum Gasteiger partial charge on any atom is 0.147 e. The van der Waals surface area contributed by atoms with Gasteiger partial charge in [0.2, 0.25) is 0 Å². The molecule has 21 heavy (non-hydrogen) atoms. The predicted octanol–water partition coefficient (Wildman–Crippen LogP) is 4.14. The Kier molecular flexibility index (Phi) is 5.45. The number of nitrogen functional groups attached to an aromatic ring is 1. The minimum Gasteiger partial charge on any atom is -0.308 e. The van der Waals surface area contributed by atoms with Crippen LogP contribution in [0.2, 0.25) is 5.02 Å². The van der Waals surface area contributed by atoms with Gasteiger partial charge in [-0.05, 0) is 25.0 Å². The van der Waals surface area contributed by atoms with Gasteiger partial charge in [0.25, 0.3) is 0 Å². The molecule has 0 aliphatic carbocycles. The van der Waals surface area contributed by atoms with Crippen molar-refractivity contribution in [1.82, 2.24) is 9.97 Å². The van der Waals surface area contributed by atoms with Crippen molar-refractivity contribution >= 4 is 29.2 Å².